The van der Waals surface area contributed by atoms with E-state index < -0.39 is 0 Å². The molecule has 0 saturated carbocycles. The minimum atomic E-state index is 0.286. The van der Waals surface area contributed by atoms with Crippen LogP contribution >= 0.6 is 11.8 Å². The number of hydrogen-bond acceptors (Lipinski definition) is 3. The van der Waals surface area contributed by atoms with E-state index in [0.29, 0.717) is 11.3 Å². The lowest BCUT2D eigenvalue weighted by Gasteiger charge is -2.19. The predicted octanol–water partition coefficient (Wildman–Crippen LogP) is 1.10. The van der Waals surface area contributed by atoms with Gasteiger partial charge in [0.2, 0.25) is 0 Å². The van der Waals surface area contributed by atoms with Crippen LogP contribution in [0.4, 0.5) is 0 Å². The van der Waals surface area contributed by atoms with E-state index in [0.717, 1.165) is 12.3 Å². The van der Waals surface area contributed by atoms with Gasteiger partial charge in [-0.05, 0) is 13.5 Å². The van der Waals surface area contributed by atoms with E-state index in [4.69, 9.17) is 5.11 Å². The minimum Gasteiger partial charge on any atom is -0.396 e. The Bertz CT molecular complexity index is 90.2. The van der Waals surface area contributed by atoms with Crippen LogP contribution in [0, 0.1) is 0 Å². The molecule has 0 aromatic rings. The summed E-state index contributed by atoms with van der Waals surface area (Å²) in [7, 11) is 0. The van der Waals surface area contributed by atoms with Crippen molar-refractivity contribution in [1.82, 2.24) is 5.32 Å². The van der Waals surface area contributed by atoms with Crippen molar-refractivity contribution in [2.24, 2.45) is 0 Å². The Morgan fingerprint density at radius 3 is 2.55 bits per heavy atom. The van der Waals surface area contributed by atoms with Crippen molar-refractivity contribution in [2.45, 2.75) is 32.1 Å². The Balaban J connectivity index is 3.38. The zero-order chi connectivity index (χ0) is 8.69. The van der Waals surface area contributed by atoms with Crippen LogP contribution in [0.1, 0.15) is 20.8 Å². The highest BCUT2D eigenvalue weighted by molar-refractivity contribution is 7.99. The summed E-state index contributed by atoms with van der Waals surface area (Å²) in [6.07, 6.45) is 0. The molecule has 2 N–H and O–H groups in total. The smallest absolute Gasteiger partial charge is 0.0521 e. The molecular formula is C8H19NOS. The fraction of sp³-hybridized carbons (Fsp3) is 1.00. The second-order valence-corrected chi connectivity index (χ2v) is 4.13. The molecule has 0 amide bonds. The SMILES string of the molecule is CCNC(C)C(C)SCCO. The monoisotopic (exact) mass is 177 g/mol. The largest absolute Gasteiger partial charge is 0.396 e. The van der Waals surface area contributed by atoms with Gasteiger partial charge in [0, 0.05) is 17.0 Å². The molecule has 0 saturated heterocycles. The topological polar surface area (TPSA) is 32.3 Å². The predicted molar refractivity (Wildman–Crippen MR) is 52.1 cm³/mol. The third kappa shape index (κ3) is 5.53. The van der Waals surface area contributed by atoms with E-state index >= 15 is 0 Å². The number of thioether (sulfide) groups is 1. The second kappa shape index (κ2) is 6.95. The zero-order valence-electron chi connectivity index (χ0n) is 7.63. The van der Waals surface area contributed by atoms with Crippen molar-refractivity contribution in [1.29, 1.82) is 0 Å². The summed E-state index contributed by atoms with van der Waals surface area (Å²) in [4.78, 5) is 0. The van der Waals surface area contributed by atoms with Crippen LogP contribution in [0.5, 0.6) is 0 Å². The third-order valence-corrected chi connectivity index (χ3v) is 3.05. The average molecular weight is 177 g/mol. The first-order valence-corrected chi connectivity index (χ1v) is 5.23. The molecule has 0 aromatic heterocycles. The molecule has 2 unspecified atom stereocenters. The molecule has 0 rings (SSSR count). The van der Waals surface area contributed by atoms with E-state index in [9.17, 15) is 0 Å². The number of aliphatic hydroxyl groups is 1. The van der Waals surface area contributed by atoms with Gasteiger partial charge in [0.05, 0.1) is 6.61 Å². The van der Waals surface area contributed by atoms with Crippen molar-refractivity contribution in [3.05, 3.63) is 0 Å². The molecule has 0 radical (unpaired) electrons. The van der Waals surface area contributed by atoms with Gasteiger partial charge in [-0.2, -0.15) is 11.8 Å². The molecule has 0 heterocycles. The molecule has 0 fully saturated rings. The van der Waals surface area contributed by atoms with Crippen molar-refractivity contribution in [3.8, 4) is 0 Å². The maximum atomic E-state index is 8.59. The summed E-state index contributed by atoms with van der Waals surface area (Å²) in [5.74, 6) is 0.844. The molecule has 0 aliphatic rings. The summed E-state index contributed by atoms with van der Waals surface area (Å²) < 4.78 is 0. The molecule has 2 nitrogen and oxygen atoms in total. The van der Waals surface area contributed by atoms with Gasteiger partial charge >= 0.3 is 0 Å². The minimum absolute atomic E-state index is 0.286. The van der Waals surface area contributed by atoms with Crippen LogP contribution in [0.2, 0.25) is 0 Å². The summed E-state index contributed by atoms with van der Waals surface area (Å²) in [5.41, 5.74) is 0. The Morgan fingerprint density at radius 1 is 1.45 bits per heavy atom. The standard InChI is InChI=1S/C8H19NOS/c1-4-9-7(2)8(3)11-6-5-10/h7-10H,4-6H2,1-3H3. The first kappa shape index (κ1) is 11.3. The molecule has 0 bridgehead atoms. The van der Waals surface area contributed by atoms with Crippen LogP contribution in [0.25, 0.3) is 0 Å². The van der Waals surface area contributed by atoms with Gasteiger partial charge in [-0.25, -0.2) is 0 Å². The highest BCUT2D eigenvalue weighted by Gasteiger charge is 2.09. The Kier molecular flexibility index (Phi) is 7.12. The van der Waals surface area contributed by atoms with Gasteiger partial charge in [-0.1, -0.05) is 13.8 Å². The van der Waals surface area contributed by atoms with Crippen molar-refractivity contribution in [3.63, 3.8) is 0 Å². The fourth-order valence-corrected chi connectivity index (χ4v) is 1.73. The number of aliphatic hydroxyl groups excluding tert-OH is 1. The maximum Gasteiger partial charge on any atom is 0.0521 e. The normalized spacial score (nSPS) is 16.4. The van der Waals surface area contributed by atoms with E-state index in [1.165, 1.54) is 0 Å². The zero-order valence-corrected chi connectivity index (χ0v) is 8.45. The molecule has 0 aromatic carbocycles. The highest BCUT2D eigenvalue weighted by atomic mass is 32.2. The van der Waals surface area contributed by atoms with Crippen LogP contribution in [-0.4, -0.2) is 35.3 Å². The second-order valence-electron chi connectivity index (χ2n) is 2.65. The summed E-state index contributed by atoms with van der Waals surface area (Å²) in [5, 5.41) is 12.5. The van der Waals surface area contributed by atoms with Crippen LogP contribution < -0.4 is 5.32 Å². The highest BCUT2D eigenvalue weighted by Crippen LogP contribution is 2.12. The van der Waals surface area contributed by atoms with Crippen molar-refractivity contribution >= 4 is 11.8 Å². The summed E-state index contributed by atoms with van der Waals surface area (Å²) >= 11 is 1.81. The van der Waals surface area contributed by atoms with Crippen molar-refractivity contribution in [2.75, 3.05) is 18.9 Å². The van der Waals surface area contributed by atoms with Gasteiger partial charge in [0.15, 0.2) is 0 Å². The fourth-order valence-electron chi connectivity index (χ4n) is 0.871. The Labute approximate surface area is 73.8 Å². The van der Waals surface area contributed by atoms with Gasteiger partial charge in [0.1, 0.15) is 0 Å². The van der Waals surface area contributed by atoms with E-state index in [-0.39, 0.29) is 6.61 Å². The summed E-state index contributed by atoms with van der Waals surface area (Å²) in [6.45, 7) is 7.78. The third-order valence-electron chi connectivity index (χ3n) is 1.70. The summed E-state index contributed by atoms with van der Waals surface area (Å²) in [6, 6.07) is 0.538. The lowest BCUT2D eigenvalue weighted by Crippen LogP contribution is -2.33. The van der Waals surface area contributed by atoms with Crippen LogP contribution in [0.3, 0.4) is 0 Å². The number of rotatable bonds is 6. The lowest BCUT2D eigenvalue weighted by molar-refractivity contribution is 0.322. The number of nitrogens with one attached hydrogen (secondary N) is 1. The first-order valence-electron chi connectivity index (χ1n) is 4.18. The Hall–Kier alpha value is 0.270. The van der Waals surface area contributed by atoms with Gasteiger partial charge < -0.3 is 10.4 Å². The van der Waals surface area contributed by atoms with Crippen LogP contribution in [-0.2, 0) is 0 Å². The van der Waals surface area contributed by atoms with Gasteiger partial charge in [0.25, 0.3) is 0 Å². The van der Waals surface area contributed by atoms with E-state index in [1.54, 1.807) is 0 Å². The molecular weight excluding hydrogens is 158 g/mol. The molecule has 0 aliphatic carbocycles. The van der Waals surface area contributed by atoms with Gasteiger partial charge in [-0.15, -0.1) is 0 Å². The molecule has 3 heteroatoms. The van der Waals surface area contributed by atoms with Gasteiger partial charge in [-0.3, -0.25) is 0 Å². The van der Waals surface area contributed by atoms with E-state index in [1.807, 2.05) is 11.8 Å². The van der Waals surface area contributed by atoms with Crippen molar-refractivity contribution < 1.29 is 5.11 Å². The lowest BCUT2D eigenvalue weighted by atomic mass is 10.2. The molecule has 11 heavy (non-hydrogen) atoms. The van der Waals surface area contributed by atoms with Crippen LogP contribution in [0.15, 0.2) is 0 Å². The van der Waals surface area contributed by atoms with E-state index in [2.05, 4.69) is 26.1 Å². The molecule has 0 spiro atoms. The molecule has 2 atom stereocenters. The quantitative estimate of drug-likeness (QED) is 0.637. The first-order chi connectivity index (χ1) is 5.22. The number of hydrogen-bond donors (Lipinski definition) is 2. The average Bonchev–Trinajstić information content (AvgIpc) is 2.00. The molecule has 0 aliphatic heterocycles. The molecule has 68 valence electrons. The Morgan fingerprint density at radius 2 is 2.09 bits per heavy atom. The maximum absolute atomic E-state index is 8.59.